The molecule has 1 N–H and O–H groups in total. The summed E-state index contributed by atoms with van der Waals surface area (Å²) >= 11 is 0. The van der Waals surface area contributed by atoms with Gasteiger partial charge in [0.05, 0.1) is 5.92 Å². The van der Waals surface area contributed by atoms with E-state index < -0.39 is 11.9 Å². The summed E-state index contributed by atoms with van der Waals surface area (Å²) in [5.41, 5.74) is 3.33. The standard InChI is InChI=1S/C16H18O3/c17-15(13-5-2-6-14(13)16(18)19)12-8-7-10-3-1-4-11(10)9-12/h7-9,13-14H,1-6H2,(H,18,19). The quantitative estimate of drug-likeness (QED) is 0.848. The summed E-state index contributed by atoms with van der Waals surface area (Å²) in [6.45, 7) is 0. The Bertz CT molecular complexity index is 533. The highest BCUT2D eigenvalue weighted by Crippen LogP contribution is 2.35. The number of hydrogen-bond donors (Lipinski definition) is 1. The van der Waals surface area contributed by atoms with Crippen LogP contribution in [0.2, 0.25) is 0 Å². The van der Waals surface area contributed by atoms with Gasteiger partial charge in [0.25, 0.3) is 0 Å². The molecule has 2 aliphatic carbocycles. The molecule has 2 aliphatic rings. The molecule has 1 fully saturated rings. The van der Waals surface area contributed by atoms with Crippen molar-refractivity contribution in [3.8, 4) is 0 Å². The lowest BCUT2D eigenvalue weighted by Crippen LogP contribution is -2.25. The van der Waals surface area contributed by atoms with Crippen molar-refractivity contribution < 1.29 is 14.7 Å². The van der Waals surface area contributed by atoms with Gasteiger partial charge >= 0.3 is 5.97 Å². The molecule has 1 aromatic carbocycles. The van der Waals surface area contributed by atoms with E-state index in [2.05, 4.69) is 0 Å². The first-order valence-electron chi connectivity index (χ1n) is 7.05. The largest absolute Gasteiger partial charge is 0.481 e. The highest BCUT2D eigenvalue weighted by Gasteiger charge is 2.38. The topological polar surface area (TPSA) is 54.4 Å². The zero-order valence-electron chi connectivity index (χ0n) is 10.9. The molecule has 1 saturated carbocycles. The van der Waals surface area contributed by atoms with Crippen LogP contribution in [0, 0.1) is 11.8 Å². The SMILES string of the molecule is O=C(O)C1CCCC1C(=O)c1ccc2c(c1)CCC2. The van der Waals surface area contributed by atoms with E-state index in [1.165, 1.54) is 11.1 Å². The number of carboxylic acid groups (broad SMARTS) is 1. The van der Waals surface area contributed by atoms with Gasteiger partial charge in [0.15, 0.2) is 5.78 Å². The molecule has 3 rings (SSSR count). The fraction of sp³-hybridized carbons (Fsp3) is 0.500. The van der Waals surface area contributed by atoms with Gasteiger partial charge in [0.2, 0.25) is 0 Å². The second kappa shape index (κ2) is 4.80. The minimum atomic E-state index is -0.822. The van der Waals surface area contributed by atoms with Gasteiger partial charge in [0.1, 0.15) is 0 Å². The van der Waals surface area contributed by atoms with E-state index in [1.807, 2.05) is 18.2 Å². The average Bonchev–Trinajstić information content (AvgIpc) is 3.05. The third kappa shape index (κ3) is 2.18. The molecule has 0 bridgehead atoms. The Morgan fingerprint density at radius 1 is 1.00 bits per heavy atom. The highest BCUT2D eigenvalue weighted by molar-refractivity contribution is 6.00. The molecule has 0 radical (unpaired) electrons. The fourth-order valence-corrected chi connectivity index (χ4v) is 3.51. The van der Waals surface area contributed by atoms with Gasteiger partial charge in [-0.2, -0.15) is 0 Å². The third-order valence-corrected chi connectivity index (χ3v) is 4.55. The van der Waals surface area contributed by atoms with Crippen molar-refractivity contribution in [1.29, 1.82) is 0 Å². The van der Waals surface area contributed by atoms with Crippen molar-refractivity contribution in [1.82, 2.24) is 0 Å². The van der Waals surface area contributed by atoms with Crippen LogP contribution in [0.4, 0.5) is 0 Å². The number of fused-ring (bicyclic) bond motifs is 1. The molecule has 0 aromatic heterocycles. The summed E-state index contributed by atoms with van der Waals surface area (Å²) in [4.78, 5) is 23.7. The van der Waals surface area contributed by atoms with Crippen molar-refractivity contribution >= 4 is 11.8 Å². The number of Topliss-reactive ketones (excluding diaryl/α,β-unsaturated/α-hetero) is 1. The van der Waals surface area contributed by atoms with Gasteiger partial charge < -0.3 is 5.11 Å². The summed E-state index contributed by atoms with van der Waals surface area (Å²) in [5, 5.41) is 9.18. The molecule has 3 heteroatoms. The minimum absolute atomic E-state index is 0.0274. The lowest BCUT2D eigenvalue weighted by Gasteiger charge is -2.15. The first kappa shape index (κ1) is 12.4. The predicted molar refractivity (Wildman–Crippen MR) is 71.3 cm³/mol. The summed E-state index contributed by atoms with van der Waals surface area (Å²) < 4.78 is 0. The normalized spacial score (nSPS) is 25.3. The van der Waals surface area contributed by atoms with E-state index in [0.29, 0.717) is 18.4 Å². The molecule has 19 heavy (non-hydrogen) atoms. The molecule has 2 unspecified atom stereocenters. The molecule has 0 spiro atoms. The maximum atomic E-state index is 12.5. The first-order valence-corrected chi connectivity index (χ1v) is 7.05. The minimum Gasteiger partial charge on any atom is -0.481 e. The van der Waals surface area contributed by atoms with Gasteiger partial charge in [-0.25, -0.2) is 0 Å². The molecule has 0 aliphatic heterocycles. The average molecular weight is 258 g/mol. The van der Waals surface area contributed by atoms with Crippen LogP contribution in [0.5, 0.6) is 0 Å². The van der Waals surface area contributed by atoms with Gasteiger partial charge in [-0.3, -0.25) is 9.59 Å². The van der Waals surface area contributed by atoms with Crippen LogP contribution in [0.1, 0.15) is 47.2 Å². The lowest BCUT2D eigenvalue weighted by atomic mass is 9.87. The van der Waals surface area contributed by atoms with E-state index >= 15 is 0 Å². The number of aryl methyl sites for hydroxylation is 2. The van der Waals surface area contributed by atoms with Crippen LogP contribution in [0.25, 0.3) is 0 Å². The van der Waals surface area contributed by atoms with Crippen LogP contribution in [0.15, 0.2) is 18.2 Å². The molecular formula is C16H18O3. The Balaban J connectivity index is 1.85. The fourth-order valence-electron chi connectivity index (χ4n) is 3.51. The van der Waals surface area contributed by atoms with Crippen molar-refractivity contribution in [3.05, 3.63) is 34.9 Å². The number of carbonyl (C=O) groups is 2. The van der Waals surface area contributed by atoms with Crippen LogP contribution in [-0.2, 0) is 17.6 Å². The lowest BCUT2D eigenvalue weighted by molar-refractivity contribution is -0.142. The van der Waals surface area contributed by atoms with Gasteiger partial charge in [-0.1, -0.05) is 18.6 Å². The van der Waals surface area contributed by atoms with E-state index in [4.69, 9.17) is 0 Å². The molecule has 3 nitrogen and oxygen atoms in total. The maximum absolute atomic E-state index is 12.5. The smallest absolute Gasteiger partial charge is 0.307 e. The van der Waals surface area contributed by atoms with Crippen molar-refractivity contribution in [2.45, 2.75) is 38.5 Å². The Labute approximate surface area is 112 Å². The number of rotatable bonds is 3. The van der Waals surface area contributed by atoms with E-state index in [0.717, 1.165) is 25.7 Å². The number of benzene rings is 1. The Hall–Kier alpha value is -1.64. The third-order valence-electron chi connectivity index (χ3n) is 4.55. The zero-order valence-corrected chi connectivity index (χ0v) is 10.9. The highest BCUT2D eigenvalue weighted by atomic mass is 16.4. The molecule has 100 valence electrons. The number of aliphatic carboxylic acids is 1. The van der Waals surface area contributed by atoms with E-state index in [9.17, 15) is 14.7 Å². The van der Waals surface area contributed by atoms with Crippen molar-refractivity contribution in [2.75, 3.05) is 0 Å². The van der Waals surface area contributed by atoms with Crippen LogP contribution in [-0.4, -0.2) is 16.9 Å². The molecule has 0 amide bonds. The number of ketones is 1. The number of carboxylic acids is 1. The Kier molecular flexibility index (Phi) is 3.13. The van der Waals surface area contributed by atoms with Gasteiger partial charge in [-0.05, 0) is 49.3 Å². The summed E-state index contributed by atoms with van der Waals surface area (Å²) in [5.74, 6) is -1.60. The van der Waals surface area contributed by atoms with Gasteiger partial charge in [0, 0.05) is 11.5 Å². The Morgan fingerprint density at radius 3 is 2.53 bits per heavy atom. The number of carbonyl (C=O) groups excluding carboxylic acids is 1. The molecular weight excluding hydrogens is 240 g/mol. The molecule has 2 atom stereocenters. The summed E-state index contributed by atoms with van der Waals surface area (Å²) in [6, 6.07) is 5.91. The molecule has 0 heterocycles. The zero-order chi connectivity index (χ0) is 13.4. The monoisotopic (exact) mass is 258 g/mol. The summed E-state index contributed by atoms with van der Waals surface area (Å²) in [6.07, 6.45) is 5.50. The second-order valence-corrected chi connectivity index (χ2v) is 5.68. The van der Waals surface area contributed by atoms with Crippen molar-refractivity contribution in [2.24, 2.45) is 11.8 Å². The van der Waals surface area contributed by atoms with Crippen LogP contribution < -0.4 is 0 Å². The van der Waals surface area contributed by atoms with E-state index in [1.54, 1.807) is 0 Å². The number of hydrogen-bond acceptors (Lipinski definition) is 2. The first-order chi connectivity index (χ1) is 9.16. The molecule has 0 saturated heterocycles. The van der Waals surface area contributed by atoms with Gasteiger partial charge in [-0.15, -0.1) is 0 Å². The van der Waals surface area contributed by atoms with E-state index in [-0.39, 0.29) is 11.7 Å². The molecule has 1 aromatic rings. The summed E-state index contributed by atoms with van der Waals surface area (Å²) in [7, 11) is 0. The van der Waals surface area contributed by atoms with Crippen LogP contribution >= 0.6 is 0 Å². The van der Waals surface area contributed by atoms with Crippen molar-refractivity contribution in [3.63, 3.8) is 0 Å². The van der Waals surface area contributed by atoms with Crippen LogP contribution in [0.3, 0.4) is 0 Å². The Morgan fingerprint density at radius 2 is 1.74 bits per heavy atom. The predicted octanol–water partition coefficient (Wildman–Crippen LogP) is 2.86. The maximum Gasteiger partial charge on any atom is 0.307 e. The second-order valence-electron chi connectivity index (χ2n) is 5.68.